The number of hydrogen-bond acceptors (Lipinski definition) is 7. The number of hydrogen-bond donors (Lipinski definition) is 0. The molecule has 0 atom stereocenters. The zero-order valence-electron chi connectivity index (χ0n) is 21.0. The number of ether oxygens (including phenoxy) is 3. The lowest BCUT2D eigenvalue weighted by atomic mass is 10.1. The van der Waals surface area contributed by atoms with Crippen molar-refractivity contribution in [3.8, 4) is 5.88 Å². The average molecular weight is 488 g/mol. The van der Waals surface area contributed by atoms with Gasteiger partial charge in [0, 0.05) is 31.1 Å². The Balaban J connectivity index is 1.38. The molecule has 0 spiro atoms. The monoisotopic (exact) mass is 487 g/mol. The number of aryl methyl sites for hydroxylation is 2. The summed E-state index contributed by atoms with van der Waals surface area (Å²) in [5, 5.41) is 0. The highest BCUT2D eigenvalue weighted by Crippen LogP contribution is 2.23. The van der Waals surface area contributed by atoms with E-state index in [9.17, 15) is 4.79 Å². The van der Waals surface area contributed by atoms with Gasteiger partial charge in [0.15, 0.2) is 0 Å². The molecule has 1 aliphatic heterocycles. The number of nitrogens with zero attached hydrogens (tertiary/aromatic N) is 3. The third-order valence-corrected chi connectivity index (χ3v) is 5.99. The van der Waals surface area contributed by atoms with E-state index in [2.05, 4.69) is 35.0 Å². The molecule has 36 heavy (non-hydrogen) atoms. The third-order valence-electron chi connectivity index (χ3n) is 5.99. The van der Waals surface area contributed by atoms with Gasteiger partial charge in [0.1, 0.15) is 0 Å². The maximum absolute atomic E-state index is 11.6. The molecular formula is C29H33N3O4. The second-order valence-electron chi connectivity index (χ2n) is 8.78. The van der Waals surface area contributed by atoms with Gasteiger partial charge in [-0.15, -0.1) is 0 Å². The van der Waals surface area contributed by atoms with Crippen molar-refractivity contribution in [3.63, 3.8) is 0 Å². The van der Waals surface area contributed by atoms with Gasteiger partial charge in [-0.2, -0.15) is 0 Å². The van der Waals surface area contributed by atoms with Crippen LogP contribution in [0.2, 0.25) is 0 Å². The molecule has 7 nitrogen and oxygen atoms in total. The van der Waals surface area contributed by atoms with Crippen LogP contribution in [0.1, 0.15) is 39.2 Å². The normalized spacial score (nSPS) is 13.7. The predicted molar refractivity (Wildman–Crippen MR) is 141 cm³/mol. The summed E-state index contributed by atoms with van der Waals surface area (Å²) in [6.07, 6.45) is 3.57. The Bertz CT molecular complexity index is 1170. The fraction of sp³-hybridized carbons (Fsp3) is 0.345. The molecule has 0 aliphatic carbocycles. The fourth-order valence-electron chi connectivity index (χ4n) is 4.08. The number of pyridine rings is 1. The van der Waals surface area contributed by atoms with Crippen LogP contribution in [-0.4, -0.2) is 57.2 Å². The van der Waals surface area contributed by atoms with E-state index in [0.29, 0.717) is 37.8 Å². The number of carbonyl (C=O) groups is 1. The third kappa shape index (κ3) is 7.39. The Morgan fingerprint density at radius 1 is 1.11 bits per heavy atom. The highest BCUT2D eigenvalue weighted by molar-refractivity contribution is 5.89. The van der Waals surface area contributed by atoms with Gasteiger partial charge >= 0.3 is 5.97 Å². The van der Waals surface area contributed by atoms with E-state index >= 15 is 0 Å². The summed E-state index contributed by atoms with van der Waals surface area (Å²) in [5.74, 6) is 0.288. The van der Waals surface area contributed by atoms with Gasteiger partial charge in [0.05, 0.1) is 44.7 Å². The van der Waals surface area contributed by atoms with Gasteiger partial charge in [0.2, 0.25) is 5.88 Å². The van der Waals surface area contributed by atoms with Gasteiger partial charge in [0.25, 0.3) is 0 Å². The summed E-state index contributed by atoms with van der Waals surface area (Å²) >= 11 is 0. The first-order valence-electron chi connectivity index (χ1n) is 12.3. The van der Waals surface area contributed by atoms with Crippen molar-refractivity contribution < 1.29 is 19.0 Å². The second-order valence-corrected chi connectivity index (χ2v) is 8.78. The highest BCUT2D eigenvalue weighted by Gasteiger charge is 2.14. The van der Waals surface area contributed by atoms with E-state index in [1.807, 2.05) is 36.5 Å². The van der Waals surface area contributed by atoms with Crippen molar-refractivity contribution in [2.75, 3.05) is 44.9 Å². The SMILES string of the molecule is COC(=O)c1ccc(CCCOc2cc(N3CCOCC3)cc(CN=Cc3cccc(C)c3)n2)cc1. The summed E-state index contributed by atoms with van der Waals surface area (Å²) in [6.45, 7) is 6.22. The maximum Gasteiger partial charge on any atom is 0.337 e. The smallest absolute Gasteiger partial charge is 0.337 e. The minimum Gasteiger partial charge on any atom is -0.478 e. The molecule has 1 aromatic heterocycles. The summed E-state index contributed by atoms with van der Waals surface area (Å²) < 4.78 is 16.3. The van der Waals surface area contributed by atoms with Crippen LogP contribution in [0.3, 0.4) is 0 Å². The molecule has 188 valence electrons. The van der Waals surface area contributed by atoms with Crippen LogP contribution in [0.4, 0.5) is 5.69 Å². The first kappa shape index (κ1) is 25.4. The number of rotatable bonds is 10. The van der Waals surface area contributed by atoms with E-state index in [-0.39, 0.29) is 5.97 Å². The number of aromatic nitrogens is 1. The van der Waals surface area contributed by atoms with E-state index < -0.39 is 0 Å². The molecule has 2 aromatic carbocycles. The standard InChI is InChI=1S/C29H33N3O4/c1-22-5-3-6-24(17-22)20-30-21-26-18-27(32-12-15-35-16-13-32)19-28(31-26)36-14-4-7-23-8-10-25(11-9-23)29(33)34-2/h3,5-6,8-11,17-20H,4,7,12-16,21H2,1-2H3. The van der Waals surface area contributed by atoms with Crippen LogP contribution < -0.4 is 9.64 Å². The van der Waals surface area contributed by atoms with E-state index in [1.54, 1.807) is 12.1 Å². The minimum absolute atomic E-state index is 0.324. The van der Waals surface area contributed by atoms with Crippen LogP contribution in [-0.2, 0) is 22.4 Å². The van der Waals surface area contributed by atoms with Crippen molar-refractivity contribution in [3.05, 3.63) is 88.6 Å². The lowest BCUT2D eigenvalue weighted by Crippen LogP contribution is -2.36. The van der Waals surface area contributed by atoms with Crippen molar-refractivity contribution in [2.24, 2.45) is 4.99 Å². The molecule has 2 heterocycles. The topological polar surface area (TPSA) is 73.2 Å². The van der Waals surface area contributed by atoms with Crippen molar-refractivity contribution in [2.45, 2.75) is 26.3 Å². The summed E-state index contributed by atoms with van der Waals surface area (Å²) in [7, 11) is 1.39. The molecule has 0 amide bonds. The van der Waals surface area contributed by atoms with Crippen LogP contribution >= 0.6 is 0 Å². The first-order chi connectivity index (χ1) is 17.6. The largest absolute Gasteiger partial charge is 0.478 e. The molecule has 1 saturated heterocycles. The number of carbonyl (C=O) groups excluding carboxylic acids is 1. The minimum atomic E-state index is -0.324. The maximum atomic E-state index is 11.6. The average Bonchev–Trinajstić information content (AvgIpc) is 2.91. The molecule has 0 bridgehead atoms. The fourth-order valence-corrected chi connectivity index (χ4v) is 4.08. The quantitative estimate of drug-likeness (QED) is 0.236. The van der Waals surface area contributed by atoms with Gasteiger partial charge in [-0.1, -0.05) is 42.0 Å². The highest BCUT2D eigenvalue weighted by atomic mass is 16.5. The van der Waals surface area contributed by atoms with Crippen molar-refractivity contribution in [1.29, 1.82) is 0 Å². The number of aliphatic imine (C=N–C) groups is 1. The van der Waals surface area contributed by atoms with Crippen molar-refractivity contribution >= 4 is 17.9 Å². The molecule has 0 radical (unpaired) electrons. The Morgan fingerprint density at radius 3 is 2.67 bits per heavy atom. The number of methoxy groups -OCH3 is 1. The van der Waals surface area contributed by atoms with Gasteiger partial charge < -0.3 is 19.1 Å². The molecule has 0 N–H and O–H groups in total. The predicted octanol–water partition coefficient (Wildman–Crippen LogP) is 4.64. The van der Waals surface area contributed by atoms with Crippen molar-refractivity contribution in [1.82, 2.24) is 4.98 Å². The molecule has 0 unspecified atom stereocenters. The Kier molecular flexibility index (Phi) is 9.05. The molecule has 0 saturated carbocycles. The summed E-state index contributed by atoms with van der Waals surface area (Å²) in [4.78, 5) is 23.2. The first-order valence-corrected chi connectivity index (χ1v) is 12.3. The van der Waals surface area contributed by atoms with Gasteiger partial charge in [-0.25, -0.2) is 9.78 Å². The summed E-state index contributed by atoms with van der Waals surface area (Å²) in [5.41, 5.74) is 5.95. The van der Waals surface area contributed by atoms with Crippen LogP contribution in [0.25, 0.3) is 0 Å². The lowest BCUT2D eigenvalue weighted by molar-refractivity contribution is 0.0600. The zero-order chi connectivity index (χ0) is 25.2. The molecular weight excluding hydrogens is 454 g/mol. The van der Waals surface area contributed by atoms with Gasteiger partial charge in [-0.3, -0.25) is 4.99 Å². The molecule has 1 fully saturated rings. The number of benzene rings is 2. The second kappa shape index (κ2) is 12.8. The van der Waals surface area contributed by atoms with E-state index in [1.165, 1.54) is 12.7 Å². The summed E-state index contributed by atoms with van der Waals surface area (Å²) in [6, 6.07) is 19.8. The van der Waals surface area contributed by atoms with Crippen LogP contribution in [0.15, 0.2) is 65.7 Å². The number of esters is 1. The molecule has 4 rings (SSSR count). The Hall–Kier alpha value is -3.71. The lowest BCUT2D eigenvalue weighted by Gasteiger charge is -2.29. The Morgan fingerprint density at radius 2 is 1.92 bits per heavy atom. The van der Waals surface area contributed by atoms with Crippen LogP contribution in [0.5, 0.6) is 5.88 Å². The zero-order valence-corrected chi connectivity index (χ0v) is 21.0. The van der Waals surface area contributed by atoms with Gasteiger partial charge in [-0.05, 0) is 49.1 Å². The molecule has 1 aliphatic rings. The van der Waals surface area contributed by atoms with E-state index in [4.69, 9.17) is 19.2 Å². The Labute approximate surface area is 212 Å². The van der Waals surface area contributed by atoms with E-state index in [0.717, 1.165) is 48.4 Å². The molecule has 3 aromatic rings. The number of anilines is 1. The number of morpholine rings is 1. The van der Waals surface area contributed by atoms with Crippen LogP contribution in [0, 0.1) is 6.92 Å². The molecule has 7 heteroatoms.